The van der Waals surface area contributed by atoms with E-state index in [9.17, 15) is 0 Å². The lowest BCUT2D eigenvalue weighted by Gasteiger charge is -2.30. The van der Waals surface area contributed by atoms with E-state index in [-0.39, 0.29) is 0 Å². The molecule has 1 aliphatic rings. The Kier molecular flexibility index (Phi) is 5.08. The van der Waals surface area contributed by atoms with Gasteiger partial charge in [0, 0.05) is 17.1 Å². The molecular formula is C16H24ClN. The Bertz CT molecular complexity index is 354. The predicted molar refractivity (Wildman–Crippen MR) is 79.0 cm³/mol. The Morgan fingerprint density at radius 3 is 2.28 bits per heavy atom. The number of hydrogen-bond donors (Lipinski definition) is 1. The molecule has 1 N–H and O–H groups in total. The summed E-state index contributed by atoms with van der Waals surface area (Å²) < 4.78 is 0. The van der Waals surface area contributed by atoms with E-state index in [1.165, 1.54) is 37.7 Å². The second kappa shape index (κ2) is 6.58. The maximum absolute atomic E-state index is 5.92. The lowest BCUT2D eigenvalue weighted by Crippen LogP contribution is -2.36. The minimum atomic E-state index is 0.402. The molecule has 1 unspecified atom stereocenters. The van der Waals surface area contributed by atoms with Crippen LogP contribution in [0.3, 0.4) is 0 Å². The van der Waals surface area contributed by atoms with Crippen molar-refractivity contribution in [3.8, 4) is 0 Å². The summed E-state index contributed by atoms with van der Waals surface area (Å²) >= 11 is 5.92. The standard InChI is InChI=1S/C16H24ClN/c1-12(14-6-4-3-5-7-14)18-13(2)15-8-10-16(17)11-9-15/h8-14,18H,3-7H2,1-2H3/t12-,13?/m0/s1. The molecule has 0 amide bonds. The largest absolute Gasteiger partial charge is 0.307 e. The van der Waals surface area contributed by atoms with Crippen molar-refractivity contribution in [2.45, 2.75) is 58.0 Å². The number of nitrogens with one attached hydrogen (secondary N) is 1. The van der Waals surface area contributed by atoms with Crippen LogP contribution in [0.4, 0.5) is 0 Å². The minimum Gasteiger partial charge on any atom is -0.307 e. The molecule has 0 bridgehead atoms. The summed E-state index contributed by atoms with van der Waals surface area (Å²) in [4.78, 5) is 0. The van der Waals surface area contributed by atoms with Crippen LogP contribution in [0, 0.1) is 5.92 Å². The first-order valence-corrected chi connectivity index (χ1v) is 7.56. The first-order chi connectivity index (χ1) is 8.66. The highest BCUT2D eigenvalue weighted by molar-refractivity contribution is 6.30. The van der Waals surface area contributed by atoms with Gasteiger partial charge in [0.1, 0.15) is 0 Å². The number of hydrogen-bond acceptors (Lipinski definition) is 1. The van der Waals surface area contributed by atoms with E-state index in [4.69, 9.17) is 11.6 Å². The fraction of sp³-hybridized carbons (Fsp3) is 0.625. The van der Waals surface area contributed by atoms with Crippen LogP contribution in [0.2, 0.25) is 5.02 Å². The van der Waals surface area contributed by atoms with Crippen molar-refractivity contribution in [2.24, 2.45) is 5.92 Å². The van der Waals surface area contributed by atoms with Crippen LogP contribution in [-0.2, 0) is 0 Å². The highest BCUT2D eigenvalue weighted by Crippen LogP contribution is 2.27. The minimum absolute atomic E-state index is 0.402. The van der Waals surface area contributed by atoms with Crippen LogP contribution >= 0.6 is 11.6 Å². The molecule has 0 radical (unpaired) electrons. The van der Waals surface area contributed by atoms with Gasteiger partial charge in [0.25, 0.3) is 0 Å². The van der Waals surface area contributed by atoms with E-state index >= 15 is 0 Å². The highest BCUT2D eigenvalue weighted by atomic mass is 35.5. The molecule has 100 valence electrons. The summed E-state index contributed by atoms with van der Waals surface area (Å²) in [6.45, 7) is 4.57. The molecule has 2 atom stereocenters. The van der Waals surface area contributed by atoms with Crippen molar-refractivity contribution < 1.29 is 0 Å². The van der Waals surface area contributed by atoms with E-state index in [0.29, 0.717) is 12.1 Å². The maximum Gasteiger partial charge on any atom is 0.0406 e. The summed E-state index contributed by atoms with van der Waals surface area (Å²) in [5, 5.41) is 4.55. The third-order valence-corrected chi connectivity index (χ3v) is 4.49. The zero-order chi connectivity index (χ0) is 13.0. The van der Waals surface area contributed by atoms with Gasteiger partial charge in [-0.1, -0.05) is 43.0 Å². The molecule has 1 fully saturated rings. The van der Waals surface area contributed by atoms with Gasteiger partial charge < -0.3 is 5.32 Å². The molecule has 0 aliphatic heterocycles. The van der Waals surface area contributed by atoms with Gasteiger partial charge in [0.2, 0.25) is 0 Å². The van der Waals surface area contributed by atoms with Crippen LogP contribution in [-0.4, -0.2) is 6.04 Å². The molecule has 0 saturated heterocycles. The summed E-state index contributed by atoms with van der Waals surface area (Å²) in [6, 6.07) is 9.19. The second-order valence-electron chi connectivity index (χ2n) is 5.63. The number of benzene rings is 1. The second-order valence-corrected chi connectivity index (χ2v) is 6.06. The molecule has 1 nitrogen and oxygen atoms in total. The quantitative estimate of drug-likeness (QED) is 0.811. The molecule has 0 aromatic heterocycles. The average molecular weight is 266 g/mol. The van der Waals surface area contributed by atoms with E-state index < -0.39 is 0 Å². The lowest BCUT2D eigenvalue weighted by molar-refractivity contribution is 0.268. The summed E-state index contributed by atoms with van der Waals surface area (Å²) in [5.41, 5.74) is 1.32. The van der Waals surface area contributed by atoms with Gasteiger partial charge >= 0.3 is 0 Å². The zero-order valence-corrected chi connectivity index (χ0v) is 12.2. The van der Waals surface area contributed by atoms with Crippen LogP contribution in [0.1, 0.15) is 57.6 Å². The molecule has 2 heteroatoms. The van der Waals surface area contributed by atoms with Crippen molar-refractivity contribution in [1.29, 1.82) is 0 Å². The topological polar surface area (TPSA) is 12.0 Å². The highest BCUT2D eigenvalue weighted by Gasteiger charge is 2.21. The normalized spacial score (nSPS) is 20.6. The molecule has 18 heavy (non-hydrogen) atoms. The molecular weight excluding hydrogens is 242 g/mol. The Morgan fingerprint density at radius 2 is 1.67 bits per heavy atom. The van der Waals surface area contributed by atoms with Gasteiger partial charge in [-0.05, 0) is 50.3 Å². The van der Waals surface area contributed by atoms with Crippen LogP contribution in [0.5, 0.6) is 0 Å². The molecule has 1 aromatic rings. The van der Waals surface area contributed by atoms with Gasteiger partial charge in [-0.15, -0.1) is 0 Å². The molecule has 0 heterocycles. The first-order valence-electron chi connectivity index (χ1n) is 7.18. The van der Waals surface area contributed by atoms with Crippen LogP contribution in [0.15, 0.2) is 24.3 Å². The van der Waals surface area contributed by atoms with Crippen molar-refractivity contribution in [3.05, 3.63) is 34.9 Å². The van der Waals surface area contributed by atoms with Gasteiger partial charge in [-0.3, -0.25) is 0 Å². The smallest absolute Gasteiger partial charge is 0.0406 e. The monoisotopic (exact) mass is 265 g/mol. The van der Waals surface area contributed by atoms with Gasteiger partial charge in [-0.25, -0.2) is 0 Å². The molecule has 1 aromatic carbocycles. The SMILES string of the molecule is CC(N[C@@H](C)C1CCCCC1)c1ccc(Cl)cc1. The molecule has 1 saturated carbocycles. The Labute approximate surface area is 116 Å². The summed E-state index contributed by atoms with van der Waals surface area (Å²) in [6.07, 6.45) is 7.02. The maximum atomic E-state index is 5.92. The van der Waals surface area contributed by atoms with Gasteiger partial charge in [0.15, 0.2) is 0 Å². The predicted octanol–water partition coefficient (Wildman–Crippen LogP) is 4.96. The molecule has 0 spiro atoms. The number of rotatable bonds is 4. The first kappa shape index (κ1) is 13.9. The van der Waals surface area contributed by atoms with Crippen molar-refractivity contribution in [3.63, 3.8) is 0 Å². The third-order valence-electron chi connectivity index (χ3n) is 4.24. The molecule has 2 rings (SSSR count). The lowest BCUT2D eigenvalue weighted by atomic mass is 9.84. The Balaban J connectivity index is 1.89. The van der Waals surface area contributed by atoms with E-state index in [2.05, 4.69) is 31.3 Å². The van der Waals surface area contributed by atoms with Crippen molar-refractivity contribution in [2.75, 3.05) is 0 Å². The van der Waals surface area contributed by atoms with E-state index in [0.717, 1.165) is 10.9 Å². The fourth-order valence-corrected chi connectivity index (χ4v) is 3.14. The van der Waals surface area contributed by atoms with Crippen molar-refractivity contribution in [1.82, 2.24) is 5.32 Å². The van der Waals surface area contributed by atoms with Gasteiger partial charge in [0.05, 0.1) is 0 Å². The molecule has 1 aliphatic carbocycles. The summed E-state index contributed by atoms with van der Waals surface area (Å²) in [7, 11) is 0. The van der Waals surface area contributed by atoms with Crippen LogP contribution in [0.25, 0.3) is 0 Å². The van der Waals surface area contributed by atoms with Crippen molar-refractivity contribution >= 4 is 11.6 Å². The fourth-order valence-electron chi connectivity index (χ4n) is 3.01. The summed E-state index contributed by atoms with van der Waals surface area (Å²) in [5.74, 6) is 0.855. The van der Waals surface area contributed by atoms with E-state index in [1.807, 2.05) is 12.1 Å². The zero-order valence-electron chi connectivity index (χ0n) is 11.5. The Hall–Kier alpha value is -0.530. The third kappa shape index (κ3) is 3.73. The van der Waals surface area contributed by atoms with E-state index in [1.54, 1.807) is 0 Å². The van der Waals surface area contributed by atoms with Gasteiger partial charge in [-0.2, -0.15) is 0 Å². The Morgan fingerprint density at radius 1 is 1.06 bits per heavy atom. The van der Waals surface area contributed by atoms with Crippen LogP contribution < -0.4 is 5.32 Å². The number of halogens is 1. The average Bonchev–Trinajstić information content (AvgIpc) is 2.40.